The fourth-order valence-electron chi connectivity index (χ4n) is 6.27. The second kappa shape index (κ2) is 11.3. The van der Waals surface area contributed by atoms with Crippen molar-refractivity contribution in [3.8, 4) is 6.07 Å². The van der Waals surface area contributed by atoms with E-state index in [2.05, 4.69) is 10.6 Å². The van der Waals surface area contributed by atoms with E-state index in [-0.39, 0.29) is 37.5 Å². The van der Waals surface area contributed by atoms with Crippen molar-refractivity contribution in [2.45, 2.75) is 100 Å². The minimum Gasteiger partial charge on any atom is -0.356 e. The number of rotatable bonds is 8. The molecule has 3 heterocycles. The Morgan fingerprint density at radius 2 is 1.79 bits per heavy atom. The predicted octanol–water partition coefficient (Wildman–Crippen LogP) is 2.16. The number of nitrogens with one attached hydrogen (secondary N) is 3. The molecule has 3 N–H and O–H groups in total. The first-order valence-corrected chi connectivity index (χ1v) is 13.4. The topological polar surface area (TPSA) is 131 Å². The van der Waals surface area contributed by atoms with Gasteiger partial charge in [0.05, 0.1) is 12.0 Å². The van der Waals surface area contributed by atoms with E-state index < -0.39 is 72.2 Å². The first-order valence-electron chi connectivity index (χ1n) is 13.4. The van der Waals surface area contributed by atoms with Crippen molar-refractivity contribution in [3.05, 3.63) is 0 Å². The second-order valence-electron chi connectivity index (χ2n) is 11.1. The number of piperidine rings is 3. The molecule has 2 aliphatic carbocycles. The van der Waals surface area contributed by atoms with Crippen molar-refractivity contribution in [3.63, 3.8) is 0 Å². The van der Waals surface area contributed by atoms with Crippen LogP contribution in [0.1, 0.15) is 64.2 Å². The summed E-state index contributed by atoms with van der Waals surface area (Å²) >= 11 is 0. The van der Waals surface area contributed by atoms with Gasteiger partial charge in [-0.1, -0.05) is 19.3 Å². The van der Waals surface area contributed by atoms with Gasteiger partial charge in [0, 0.05) is 24.9 Å². The number of carbonyl (C=O) groups excluding carboxylic acids is 4. The van der Waals surface area contributed by atoms with Crippen molar-refractivity contribution in [2.24, 2.45) is 17.8 Å². The Hall–Kier alpha value is -2.98. The summed E-state index contributed by atoms with van der Waals surface area (Å²) < 4.78 is 69.1. The fraction of sp³-hybridized carbons (Fsp3) is 0.800. The molecule has 9 nitrogen and oxygen atoms in total. The van der Waals surface area contributed by atoms with Gasteiger partial charge in [-0.3, -0.25) is 19.2 Å². The standard InChI is InChI=1S/C25H32F5N5O4/c26-24(27)11-16-6-7-17(24)19(21(37)33-15(12-31)10-14-5-2-8-32-20(14)36)35(16)22(38)18(9-13-3-1-4-13)34-23(39)25(28,29)30/h13-19H,1-11H2,(H,32,36)(H,33,37)(H,34,39)/t14-,15-,16-,17-,18-,19+/m1/s1. The Morgan fingerprint density at radius 1 is 1.08 bits per heavy atom. The summed E-state index contributed by atoms with van der Waals surface area (Å²) in [6, 6.07) is -3.82. The monoisotopic (exact) mass is 561 g/mol. The number of nitriles is 1. The van der Waals surface area contributed by atoms with Gasteiger partial charge in [0.15, 0.2) is 0 Å². The van der Waals surface area contributed by atoms with Crippen LogP contribution in [0.2, 0.25) is 0 Å². The van der Waals surface area contributed by atoms with Crippen LogP contribution >= 0.6 is 0 Å². The zero-order valence-electron chi connectivity index (χ0n) is 21.2. The minimum absolute atomic E-state index is 0.0504. The normalized spacial score (nSPS) is 29.8. The summed E-state index contributed by atoms with van der Waals surface area (Å²) in [7, 11) is 0. The lowest BCUT2D eigenvalue weighted by molar-refractivity contribution is -0.196. The molecule has 5 rings (SSSR count). The molecule has 0 aromatic carbocycles. The van der Waals surface area contributed by atoms with Crippen LogP contribution in [-0.4, -0.2) is 71.3 Å². The van der Waals surface area contributed by atoms with Gasteiger partial charge >= 0.3 is 12.1 Å². The summed E-state index contributed by atoms with van der Waals surface area (Å²) in [5, 5.41) is 16.4. The van der Waals surface area contributed by atoms with Crippen LogP contribution in [0.3, 0.4) is 0 Å². The number of nitrogens with zero attached hydrogens (tertiary/aromatic N) is 2. The third-order valence-electron chi connectivity index (χ3n) is 8.51. The molecule has 216 valence electrons. The van der Waals surface area contributed by atoms with Gasteiger partial charge in [0.1, 0.15) is 18.1 Å². The average Bonchev–Trinajstić information content (AvgIpc) is 2.84. The molecule has 4 amide bonds. The lowest BCUT2D eigenvalue weighted by atomic mass is 9.71. The highest BCUT2D eigenvalue weighted by Gasteiger charge is 2.61. The van der Waals surface area contributed by atoms with E-state index in [0.29, 0.717) is 32.2 Å². The molecule has 0 unspecified atom stereocenters. The molecule has 0 radical (unpaired) electrons. The van der Waals surface area contributed by atoms with E-state index in [9.17, 15) is 46.4 Å². The van der Waals surface area contributed by atoms with Crippen LogP contribution < -0.4 is 16.0 Å². The maximum atomic E-state index is 15.0. The van der Waals surface area contributed by atoms with Gasteiger partial charge in [-0.2, -0.15) is 18.4 Å². The molecule has 5 aliphatic rings. The van der Waals surface area contributed by atoms with Crippen LogP contribution in [0, 0.1) is 29.1 Å². The minimum atomic E-state index is -5.26. The Labute approximate surface area is 222 Å². The van der Waals surface area contributed by atoms with E-state index >= 15 is 0 Å². The van der Waals surface area contributed by atoms with Crippen LogP contribution in [0.25, 0.3) is 0 Å². The van der Waals surface area contributed by atoms with Crippen molar-refractivity contribution < 1.29 is 41.1 Å². The SMILES string of the molecule is N#C[C@@H](C[C@H]1CCCNC1=O)NC(=O)[C@@H]1[C@H]2CC[C@H](CC2(F)F)N1C(=O)[C@@H](CC1CCC1)NC(=O)C(F)(F)F. The Bertz CT molecular complexity index is 1030. The number of halogens is 5. The molecule has 5 fully saturated rings. The van der Waals surface area contributed by atoms with Gasteiger partial charge in [-0.25, -0.2) is 8.78 Å². The number of alkyl halides is 5. The Balaban J connectivity index is 1.57. The van der Waals surface area contributed by atoms with Gasteiger partial charge in [-0.15, -0.1) is 0 Å². The number of fused-ring (bicyclic) bond motifs is 3. The molecule has 2 saturated carbocycles. The quantitative estimate of drug-likeness (QED) is 0.391. The summed E-state index contributed by atoms with van der Waals surface area (Å²) in [6.45, 7) is 0.489. The summed E-state index contributed by atoms with van der Waals surface area (Å²) in [6.07, 6.45) is -2.84. The fourth-order valence-corrected chi connectivity index (χ4v) is 6.27. The maximum absolute atomic E-state index is 15.0. The third kappa shape index (κ3) is 6.27. The van der Waals surface area contributed by atoms with E-state index in [1.54, 1.807) is 5.32 Å². The summed E-state index contributed by atoms with van der Waals surface area (Å²) in [5.74, 6) is -10.2. The van der Waals surface area contributed by atoms with Crippen molar-refractivity contribution in [1.82, 2.24) is 20.9 Å². The zero-order chi connectivity index (χ0) is 28.5. The summed E-state index contributed by atoms with van der Waals surface area (Å²) in [4.78, 5) is 51.9. The van der Waals surface area contributed by atoms with Crippen LogP contribution in [0.4, 0.5) is 22.0 Å². The Kier molecular flexibility index (Phi) is 8.37. The maximum Gasteiger partial charge on any atom is 0.471 e. The molecule has 0 aromatic rings. The van der Waals surface area contributed by atoms with Crippen LogP contribution in [0.5, 0.6) is 0 Å². The zero-order valence-corrected chi connectivity index (χ0v) is 21.2. The molecule has 6 atom stereocenters. The highest BCUT2D eigenvalue weighted by Crippen LogP contribution is 2.49. The smallest absolute Gasteiger partial charge is 0.356 e. The van der Waals surface area contributed by atoms with Crippen molar-refractivity contribution >= 4 is 23.6 Å². The first kappa shape index (κ1) is 29.0. The molecule has 3 saturated heterocycles. The van der Waals surface area contributed by atoms with E-state index in [1.165, 1.54) is 0 Å². The molecule has 0 aromatic heterocycles. The van der Waals surface area contributed by atoms with Gasteiger partial charge in [-0.05, 0) is 44.4 Å². The molecule has 2 bridgehead atoms. The van der Waals surface area contributed by atoms with Gasteiger partial charge < -0.3 is 20.9 Å². The number of hydrogen-bond acceptors (Lipinski definition) is 5. The number of hydrogen-bond donors (Lipinski definition) is 3. The lowest BCUT2D eigenvalue weighted by Gasteiger charge is -2.54. The van der Waals surface area contributed by atoms with E-state index in [1.807, 2.05) is 6.07 Å². The molecule has 3 aliphatic heterocycles. The van der Waals surface area contributed by atoms with Gasteiger partial charge in [0.25, 0.3) is 5.92 Å². The first-order chi connectivity index (χ1) is 18.3. The molecule has 0 spiro atoms. The lowest BCUT2D eigenvalue weighted by Crippen LogP contribution is -2.71. The Morgan fingerprint density at radius 3 is 2.36 bits per heavy atom. The molecule has 14 heteroatoms. The molecular weight excluding hydrogens is 529 g/mol. The van der Waals surface area contributed by atoms with Gasteiger partial charge in [0.2, 0.25) is 17.7 Å². The molecule has 39 heavy (non-hydrogen) atoms. The number of amides is 4. The highest BCUT2D eigenvalue weighted by atomic mass is 19.4. The third-order valence-corrected chi connectivity index (χ3v) is 8.51. The second-order valence-corrected chi connectivity index (χ2v) is 11.1. The molecular formula is C25H32F5N5O4. The van der Waals surface area contributed by atoms with E-state index in [0.717, 1.165) is 11.3 Å². The van der Waals surface area contributed by atoms with Crippen LogP contribution in [-0.2, 0) is 19.2 Å². The highest BCUT2D eigenvalue weighted by molar-refractivity contribution is 5.94. The van der Waals surface area contributed by atoms with Crippen molar-refractivity contribution in [2.75, 3.05) is 6.54 Å². The van der Waals surface area contributed by atoms with E-state index in [4.69, 9.17) is 0 Å². The van der Waals surface area contributed by atoms with Crippen LogP contribution in [0.15, 0.2) is 0 Å². The average molecular weight is 562 g/mol. The number of carbonyl (C=O) groups is 4. The largest absolute Gasteiger partial charge is 0.471 e. The predicted molar refractivity (Wildman–Crippen MR) is 125 cm³/mol. The van der Waals surface area contributed by atoms with Crippen molar-refractivity contribution in [1.29, 1.82) is 5.26 Å². The summed E-state index contributed by atoms with van der Waals surface area (Å²) in [5.41, 5.74) is 0.